The van der Waals surface area contributed by atoms with Crippen LogP contribution in [0.3, 0.4) is 0 Å². The second kappa shape index (κ2) is 4.99. The van der Waals surface area contributed by atoms with E-state index in [0.717, 1.165) is 41.7 Å². The van der Waals surface area contributed by atoms with Gasteiger partial charge in [-0.2, -0.15) is 0 Å². The van der Waals surface area contributed by atoms with Gasteiger partial charge in [-0.3, -0.25) is 0 Å². The van der Waals surface area contributed by atoms with Crippen molar-refractivity contribution < 1.29 is 9.15 Å². The van der Waals surface area contributed by atoms with Crippen molar-refractivity contribution in [2.24, 2.45) is 11.7 Å². The number of aryl methyl sites for hydroxylation is 1. The Morgan fingerprint density at radius 1 is 1.42 bits per heavy atom. The number of ether oxygens (including phenoxy) is 1. The van der Waals surface area contributed by atoms with Crippen LogP contribution in [0.1, 0.15) is 37.1 Å². The lowest BCUT2D eigenvalue weighted by Crippen LogP contribution is -2.27. The summed E-state index contributed by atoms with van der Waals surface area (Å²) in [4.78, 5) is 0. The number of hydrogen-bond donors (Lipinski definition) is 1. The van der Waals surface area contributed by atoms with Gasteiger partial charge in [0, 0.05) is 17.9 Å². The molecule has 0 aliphatic carbocycles. The van der Waals surface area contributed by atoms with Gasteiger partial charge in [0.25, 0.3) is 0 Å². The van der Waals surface area contributed by atoms with E-state index in [1.807, 2.05) is 0 Å². The van der Waals surface area contributed by atoms with Crippen LogP contribution in [0.4, 0.5) is 0 Å². The Morgan fingerprint density at radius 2 is 2.26 bits per heavy atom. The van der Waals surface area contributed by atoms with Crippen LogP contribution in [-0.4, -0.2) is 12.7 Å². The predicted octanol–water partition coefficient (Wildman–Crippen LogP) is 3.56. The third kappa shape index (κ3) is 2.17. The van der Waals surface area contributed by atoms with E-state index < -0.39 is 0 Å². The summed E-state index contributed by atoms with van der Waals surface area (Å²) in [6.07, 6.45) is 2.30. The fourth-order valence-electron chi connectivity index (χ4n) is 3.10. The average molecular weight is 259 g/mol. The van der Waals surface area contributed by atoms with Gasteiger partial charge in [-0.25, -0.2) is 0 Å². The Morgan fingerprint density at radius 3 is 3.00 bits per heavy atom. The molecule has 2 heterocycles. The van der Waals surface area contributed by atoms with Crippen LogP contribution in [0.15, 0.2) is 28.7 Å². The molecule has 3 heteroatoms. The molecule has 2 N–H and O–H groups in total. The van der Waals surface area contributed by atoms with Crippen molar-refractivity contribution in [3.05, 3.63) is 35.6 Å². The zero-order valence-electron chi connectivity index (χ0n) is 11.6. The lowest BCUT2D eigenvalue weighted by molar-refractivity contribution is 0.0794. The molecule has 1 aliphatic heterocycles. The first-order valence-corrected chi connectivity index (χ1v) is 7.07. The molecule has 2 aromatic rings. The SMILES string of the molecule is CCC1OCCC1C(N)c1cc2cccc(C)c2o1. The first kappa shape index (κ1) is 12.7. The van der Waals surface area contributed by atoms with E-state index >= 15 is 0 Å². The molecule has 0 spiro atoms. The highest BCUT2D eigenvalue weighted by atomic mass is 16.5. The number of hydrogen-bond acceptors (Lipinski definition) is 3. The van der Waals surface area contributed by atoms with E-state index in [4.69, 9.17) is 14.9 Å². The molecular formula is C16H21NO2. The van der Waals surface area contributed by atoms with Crippen LogP contribution in [0.5, 0.6) is 0 Å². The standard InChI is InChI=1S/C16H21NO2/c1-3-13-12(7-8-18-13)15(17)14-9-11-6-4-5-10(2)16(11)19-14/h4-6,9,12-13,15H,3,7-8,17H2,1-2H3. The zero-order chi connectivity index (χ0) is 13.4. The van der Waals surface area contributed by atoms with Crippen LogP contribution in [0, 0.1) is 12.8 Å². The summed E-state index contributed by atoms with van der Waals surface area (Å²) in [6, 6.07) is 8.20. The van der Waals surface area contributed by atoms with Crippen molar-refractivity contribution in [2.75, 3.05) is 6.61 Å². The summed E-state index contributed by atoms with van der Waals surface area (Å²) in [6.45, 7) is 5.03. The molecule has 1 fully saturated rings. The molecule has 1 saturated heterocycles. The second-order valence-electron chi connectivity index (χ2n) is 5.44. The van der Waals surface area contributed by atoms with E-state index in [-0.39, 0.29) is 12.1 Å². The van der Waals surface area contributed by atoms with Crippen molar-refractivity contribution in [1.29, 1.82) is 0 Å². The fourth-order valence-corrected chi connectivity index (χ4v) is 3.10. The molecule has 1 aliphatic rings. The maximum absolute atomic E-state index is 6.41. The molecule has 3 atom stereocenters. The van der Waals surface area contributed by atoms with Gasteiger partial charge in [0.2, 0.25) is 0 Å². The van der Waals surface area contributed by atoms with E-state index in [0.29, 0.717) is 5.92 Å². The van der Waals surface area contributed by atoms with Gasteiger partial charge in [-0.15, -0.1) is 0 Å². The number of furan rings is 1. The summed E-state index contributed by atoms with van der Waals surface area (Å²) in [5, 5.41) is 1.14. The third-order valence-corrected chi connectivity index (χ3v) is 4.21. The van der Waals surface area contributed by atoms with Gasteiger partial charge < -0.3 is 14.9 Å². The minimum Gasteiger partial charge on any atom is -0.459 e. The summed E-state index contributed by atoms with van der Waals surface area (Å²) < 4.78 is 11.7. The van der Waals surface area contributed by atoms with Gasteiger partial charge in [0.05, 0.1) is 12.1 Å². The Bertz CT molecular complexity index is 575. The molecule has 1 aromatic carbocycles. The fraction of sp³-hybridized carbons (Fsp3) is 0.500. The Kier molecular flexibility index (Phi) is 3.33. The van der Waals surface area contributed by atoms with Crippen molar-refractivity contribution in [2.45, 2.75) is 38.8 Å². The summed E-state index contributed by atoms with van der Waals surface area (Å²) in [5.74, 6) is 1.25. The Balaban J connectivity index is 1.93. The van der Waals surface area contributed by atoms with Crippen molar-refractivity contribution in [3.63, 3.8) is 0 Å². The Hall–Kier alpha value is -1.32. The minimum atomic E-state index is -0.0701. The average Bonchev–Trinajstić information content (AvgIpc) is 3.04. The van der Waals surface area contributed by atoms with Gasteiger partial charge >= 0.3 is 0 Å². The first-order valence-electron chi connectivity index (χ1n) is 7.07. The Labute approximate surface area is 113 Å². The monoisotopic (exact) mass is 259 g/mol. The second-order valence-corrected chi connectivity index (χ2v) is 5.44. The molecule has 0 amide bonds. The van der Waals surface area contributed by atoms with Crippen molar-refractivity contribution >= 4 is 11.0 Å². The van der Waals surface area contributed by atoms with Crippen molar-refractivity contribution in [3.8, 4) is 0 Å². The normalized spacial score (nSPS) is 25.0. The highest BCUT2D eigenvalue weighted by Crippen LogP contribution is 2.35. The van der Waals surface area contributed by atoms with Gasteiger partial charge in [0.15, 0.2) is 0 Å². The van der Waals surface area contributed by atoms with Crippen LogP contribution < -0.4 is 5.73 Å². The number of para-hydroxylation sites is 1. The molecule has 0 bridgehead atoms. The zero-order valence-corrected chi connectivity index (χ0v) is 11.6. The van der Waals surface area contributed by atoms with E-state index in [1.54, 1.807) is 0 Å². The smallest absolute Gasteiger partial charge is 0.137 e. The summed E-state index contributed by atoms with van der Waals surface area (Å²) in [5.41, 5.74) is 8.52. The molecule has 3 nitrogen and oxygen atoms in total. The molecular weight excluding hydrogens is 238 g/mol. The maximum atomic E-state index is 6.41. The van der Waals surface area contributed by atoms with Crippen LogP contribution in [0.2, 0.25) is 0 Å². The molecule has 102 valence electrons. The quantitative estimate of drug-likeness (QED) is 0.917. The molecule has 19 heavy (non-hydrogen) atoms. The van der Waals surface area contributed by atoms with E-state index in [2.05, 4.69) is 38.1 Å². The number of benzene rings is 1. The lowest BCUT2D eigenvalue weighted by Gasteiger charge is -2.21. The van der Waals surface area contributed by atoms with Crippen molar-refractivity contribution in [1.82, 2.24) is 0 Å². The summed E-state index contributed by atoms with van der Waals surface area (Å²) in [7, 11) is 0. The molecule has 3 unspecified atom stereocenters. The number of fused-ring (bicyclic) bond motifs is 1. The van der Waals surface area contributed by atoms with E-state index in [9.17, 15) is 0 Å². The number of nitrogens with two attached hydrogens (primary N) is 1. The van der Waals surface area contributed by atoms with E-state index in [1.165, 1.54) is 0 Å². The maximum Gasteiger partial charge on any atom is 0.137 e. The molecule has 0 saturated carbocycles. The highest BCUT2D eigenvalue weighted by molar-refractivity contribution is 5.81. The predicted molar refractivity (Wildman–Crippen MR) is 76.0 cm³/mol. The van der Waals surface area contributed by atoms with Gasteiger partial charge in [-0.05, 0) is 31.4 Å². The largest absolute Gasteiger partial charge is 0.459 e. The topological polar surface area (TPSA) is 48.4 Å². The molecule has 0 radical (unpaired) electrons. The first-order chi connectivity index (χ1) is 9.20. The van der Waals surface area contributed by atoms with Crippen LogP contribution in [-0.2, 0) is 4.74 Å². The van der Waals surface area contributed by atoms with Gasteiger partial charge in [-0.1, -0.05) is 25.1 Å². The third-order valence-electron chi connectivity index (χ3n) is 4.21. The number of rotatable bonds is 3. The summed E-state index contributed by atoms with van der Waals surface area (Å²) >= 11 is 0. The molecule has 1 aromatic heterocycles. The van der Waals surface area contributed by atoms with Crippen LogP contribution in [0.25, 0.3) is 11.0 Å². The minimum absolute atomic E-state index is 0.0701. The highest BCUT2D eigenvalue weighted by Gasteiger charge is 2.34. The lowest BCUT2D eigenvalue weighted by atomic mass is 9.90. The van der Waals surface area contributed by atoms with Crippen LogP contribution >= 0.6 is 0 Å². The molecule has 3 rings (SSSR count). The van der Waals surface area contributed by atoms with Gasteiger partial charge in [0.1, 0.15) is 11.3 Å².